The topological polar surface area (TPSA) is 57.5 Å². The largest absolute Gasteiger partial charge is 0.396 e. The zero-order chi connectivity index (χ0) is 7.28. The number of halogens is 1. The van der Waals surface area contributed by atoms with Crippen LogP contribution in [-0.4, -0.2) is 26.0 Å². The summed E-state index contributed by atoms with van der Waals surface area (Å²) in [5.74, 6) is 0. The molecule has 0 aromatic heterocycles. The smallest absolute Gasteiger partial charge is 0.200 e. The maximum atomic E-state index is 12.1. The lowest BCUT2D eigenvalue weighted by atomic mass is 10.3. The van der Waals surface area contributed by atoms with Crippen molar-refractivity contribution in [2.45, 2.75) is 18.3 Å². The van der Waals surface area contributed by atoms with Gasteiger partial charge in [0.1, 0.15) is 0 Å². The average Bonchev–Trinajstić information content (AvgIpc) is 1.82. The fraction of sp³-hybridized carbons (Fsp3) is 1.00. The lowest BCUT2D eigenvalue weighted by Crippen LogP contribution is -2.07. The van der Waals surface area contributed by atoms with Gasteiger partial charge in [-0.05, 0) is 12.8 Å². The average molecular weight is 156 g/mol. The summed E-state index contributed by atoms with van der Waals surface area (Å²) in [5.41, 5.74) is -1.71. The van der Waals surface area contributed by atoms with Gasteiger partial charge >= 0.3 is 0 Å². The minimum Gasteiger partial charge on any atom is -0.396 e. The van der Waals surface area contributed by atoms with Gasteiger partial charge in [-0.1, -0.05) is 0 Å². The number of aliphatic hydroxyl groups excluding tert-OH is 1. The van der Waals surface area contributed by atoms with Crippen LogP contribution in [0.15, 0.2) is 0 Å². The molecule has 0 heterocycles. The van der Waals surface area contributed by atoms with Gasteiger partial charge in [-0.2, -0.15) is 0 Å². The van der Waals surface area contributed by atoms with Gasteiger partial charge in [0, 0.05) is 6.61 Å². The Bertz CT molecular complexity index is 97.8. The molecule has 0 amide bonds. The number of rotatable bonds is 4. The first kappa shape index (κ1) is 9.00. The van der Waals surface area contributed by atoms with E-state index in [0.29, 0.717) is 0 Å². The predicted molar refractivity (Wildman–Crippen MR) is 32.0 cm³/mol. The number of hydrogen-bond acceptors (Lipinski definition) is 2. The van der Waals surface area contributed by atoms with Crippen LogP contribution in [0.25, 0.3) is 0 Å². The molecule has 0 saturated carbocycles. The van der Waals surface area contributed by atoms with E-state index < -0.39 is 16.6 Å². The van der Waals surface area contributed by atoms with Gasteiger partial charge in [0.25, 0.3) is 0 Å². The summed E-state index contributed by atoms with van der Waals surface area (Å²) in [6.07, 6.45) is 0.174. The Kier molecular flexibility index (Phi) is 4.84. The van der Waals surface area contributed by atoms with E-state index in [1.165, 1.54) is 0 Å². The molecule has 3 nitrogen and oxygen atoms in total. The molecule has 0 aromatic carbocycles. The summed E-state index contributed by atoms with van der Waals surface area (Å²) in [5, 5.41) is 8.15. The second-order valence-corrected chi connectivity index (χ2v) is 2.62. The quantitative estimate of drug-likeness (QED) is 0.574. The van der Waals surface area contributed by atoms with Crippen LogP contribution in [-0.2, 0) is 11.1 Å². The van der Waals surface area contributed by atoms with Gasteiger partial charge in [0.05, 0.1) is 0 Å². The van der Waals surface area contributed by atoms with Crippen molar-refractivity contribution in [1.29, 1.82) is 0 Å². The van der Waals surface area contributed by atoms with E-state index in [1.54, 1.807) is 0 Å². The molecule has 2 unspecified atom stereocenters. The Morgan fingerprint density at radius 3 is 2.56 bits per heavy atom. The van der Waals surface area contributed by atoms with Crippen LogP contribution in [0.2, 0.25) is 0 Å². The van der Waals surface area contributed by atoms with Crippen molar-refractivity contribution in [2.75, 3.05) is 6.61 Å². The van der Waals surface area contributed by atoms with Crippen LogP contribution in [0.5, 0.6) is 0 Å². The number of alkyl halides is 1. The molecule has 56 valence electrons. The zero-order valence-electron chi connectivity index (χ0n) is 4.79. The molecule has 0 radical (unpaired) electrons. The Morgan fingerprint density at radius 2 is 2.22 bits per heavy atom. The molecule has 0 fully saturated rings. The molecule has 0 bridgehead atoms. The number of hydrogen-bond donors (Lipinski definition) is 2. The lowest BCUT2D eigenvalue weighted by molar-refractivity contribution is 0.268. The highest BCUT2D eigenvalue weighted by atomic mass is 32.2. The highest BCUT2D eigenvalue weighted by Crippen LogP contribution is 2.03. The van der Waals surface area contributed by atoms with Crippen LogP contribution >= 0.6 is 0 Å². The van der Waals surface area contributed by atoms with Crippen LogP contribution < -0.4 is 0 Å². The van der Waals surface area contributed by atoms with E-state index in [2.05, 4.69) is 0 Å². The normalized spacial score (nSPS) is 17.2. The van der Waals surface area contributed by atoms with Crippen molar-refractivity contribution in [2.24, 2.45) is 0 Å². The van der Waals surface area contributed by atoms with Crippen molar-refractivity contribution >= 4 is 11.1 Å². The third kappa shape index (κ3) is 4.50. The van der Waals surface area contributed by atoms with Crippen molar-refractivity contribution in [1.82, 2.24) is 0 Å². The van der Waals surface area contributed by atoms with Gasteiger partial charge in [-0.3, -0.25) is 0 Å². The fourth-order valence-electron chi connectivity index (χ4n) is 0.353. The van der Waals surface area contributed by atoms with E-state index in [1.807, 2.05) is 0 Å². The van der Waals surface area contributed by atoms with Crippen molar-refractivity contribution in [3.63, 3.8) is 0 Å². The second-order valence-electron chi connectivity index (χ2n) is 1.55. The SMILES string of the molecule is O=S(O)C(F)CCCO. The summed E-state index contributed by atoms with van der Waals surface area (Å²) in [6.45, 7) is -0.141. The van der Waals surface area contributed by atoms with E-state index in [-0.39, 0.29) is 19.4 Å². The van der Waals surface area contributed by atoms with E-state index in [4.69, 9.17) is 9.66 Å². The Hall–Kier alpha value is -0.0000000000000000486. The first-order valence-corrected chi connectivity index (χ1v) is 3.70. The molecular formula is C4H9FO3S. The fourth-order valence-corrected chi connectivity index (χ4v) is 0.721. The summed E-state index contributed by atoms with van der Waals surface area (Å²) in [4.78, 5) is 0. The second kappa shape index (κ2) is 4.84. The maximum Gasteiger partial charge on any atom is 0.200 e. The molecule has 0 aliphatic carbocycles. The Morgan fingerprint density at radius 1 is 1.67 bits per heavy atom. The molecule has 2 N–H and O–H groups in total. The molecule has 0 spiro atoms. The van der Waals surface area contributed by atoms with E-state index in [9.17, 15) is 8.60 Å². The highest BCUT2D eigenvalue weighted by Gasteiger charge is 2.10. The summed E-state index contributed by atoms with van der Waals surface area (Å²) >= 11 is -2.39. The third-order valence-electron chi connectivity index (χ3n) is 0.808. The van der Waals surface area contributed by atoms with Gasteiger partial charge < -0.3 is 9.66 Å². The van der Waals surface area contributed by atoms with Crippen LogP contribution in [0.4, 0.5) is 4.39 Å². The molecule has 9 heavy (non-hydrogen) atoms. The van der Waals surface area contributed by atoms with Crippen molar-refractivity contribution in [3.8, 4) is 0 Å². The Balaban J connectivity index is 3.27. The molecular weight excluding hydrogens is 147 g/mol. The number of aliphatic hydroxyl groups is 1. The first-order chi connectivity index (χ1) is 4.18. The standard InChI is InChI=1S/C4H9FO3S/c5-4(9(7)8)2-1-3-6/h4,6H,1-3H2,(H,7,8). The van der Waals surface area contributed by atoms with Gasteiger partial charge in [-0.25, -0.2) is 8.60 Å². The minimum absolute atomic E-state index is 0.0559. The first-order valence-electron chi connectivity index (χ1n) is 2.53. The van der Waals surface area contributed by atoms with Gasteiger partial charge in [-0.15, -0.1) is 0 Å². The molecule has 0 aliphatic heterocycles. The van der Waals surface area contributed by atoms with Crippen molar-refractivity contribution in [3.05, 3.63) is 0 Å². The van der Waals surface area contributed by atoms with Crippen molar-refractivity contribution < 1.29 is 18.3 Å². The van der Waals surface area contributed by atoms with Gasteiger partial charge in [0.2, 0.25) is 0 Å². The minimum atomic E-state index is -2.39. The third-order valence-corrected chi connectivity index (χ3v) is 1.48. The summed E-state index contributed by atoms with van der Waals surface area (Å²) < 4.78 is 30.0. The molecule has 2 atom stereocenters. The lowest BCUT2D eigenvalue weighted by Gasteiger charge is -1.99. The molecule has 0 aromatic rings. The van der Waals surface area contributed by atoms with Crippen LogP contribution in [0.3, 0.4) is 0 Å². The predicted octanol–water partition coefficient (Wildman–Crippen LogP) is 0.276. The Labute approximate surface area is 55.2 Å². The zero-order valence-corrected chi connectivity index (χ0v) is 5.60. The van der Waals surface area contributed by atoms with Crippen LogP contribution in [0, 0.1) is 0 Å². The summed E-state index contributed by atoms with van der Waals surface area (Å²) in [6, 6.07) is 0. The molecule has 0 saturated heterocycles. The van der Waals surface area contributed by atoms with E-state index >= 15 is 0 Å². The molecule has 0 aliphatic rings. The van der Waals surface area contributed by atoms with E-state index in [0.717, 1.165) is 0 Å². The summed E-state index contributed by atoms with van der Waals surface area (Å²) in [7, 11) is 0. The molecule has 5 heteroatoms. The maximum absolute atomic E-state index is 12.1. The monoisotopic (exact) mass is 156 g/mol. The highest BCUT2D eigenvalue weighted by molar-refractivity contribution is 7.79. The molecule has 0 rings (SSSR count). The van der Waals surface area contributed by atoms with Crippen LogP contribution in [0.1, 0.15) is 12.8 Å². The van der Waals surface area contributed by atoms with Gasteiger partial charge in [0.15, 0.2) is 16.6 Å².